The number of thioether (sulfide) groups is 1. The molecule has 0 aliphatic heterocycles. The van der Waals surface area contributed by atoms with Gasteiger partial charge in [0.05, 0.1) is 0 Å². The second-order valence-corrected chi connectivity index (χ2v) is 7.28. The number of nitrogens with one attached hydrogen (secondary N) is 1. The first-order valence-corrected chi connectivity index (χ1v) is 9.99. The second-order valence-electron chi connectivity index (χ2n) is 5.45. The van der Waals surface area contributed by atoms with E-state index in [2.05, 4.69) is 77.6 Å². The van der Waals surface area contributed by atoms with Gasteiger partial charge in [0.2, 0.25) is 0 Å². The molecule has 1 aromatic rings. The second kappa shape index (κ2) is 10.7. The smallest absolute Gasteiger partial charge is 0.0332 e. The Bertz CT molecular complexity index is 400. The van der Waals surface area contributed by atoms with E-state index in [0.717, 1.165) is 24.0 Å². The summed E-state index contributed by atoms with van der Waals surface area (Å²) in [4.78, 5) is 2.51. The van der Waals surface area contributed by atoms with Crippen molar-refractivity contribution < 1.29 is 0 Å². The van der Waals surface area contributed by atoms with Gasteiger partial charge in [-0.2, -0.15) is 11.8 Å². The molecule has 0 aliphatic carbocycles. The highest BCUT2D eigenvalue weighted by Crippen LogP contribution is 2.21. The number of hydrogen-bond acceptors (Lipinski definition) is 3. The van der Waals surface area contributed by atoms with Gasteiger partial charge in [0.1, 0.15) is 0 Å². The van der Waals surface area contributed by atoms with Crippen LogP contribution in [-0.2, 0) is 0 Å². The SMILES string of the molecule is CCNC(CCN(C)C(CC)CSC)c1cccc(Br)c1. The normalized spacial score (nSPS) is 14.4. The molecular formula is C17H29BrN2S. The van der Waals surface area contributed by atoms with Crippen molar-refractivity contribution in [3.8, 4) is 0 Å². The van der Waals surface area contributed by atoms with Crippen molar-refractivity contribution in [2.75, 3.05) is 32.1 Å². The Morgan fingerprint density at radius 1 is 1.33 bits per heavy atom. The highest BCUT2D eigenvalue weighted by atomic mass is 79.9. The molecule has 0 saturated heterocycles. The largest absolute Gasteiger partial charge is 0.310 e. The van der Waals surface area contributed by atoms with Gasteiger partial charge in [-0.05, 0) is 56.9 Å². The maximum Gasteiger partial charge on any atom is 0.0332 e. The van der Waals surface area contributed by atoms with Crippen LogP contribution in [0.1, 0.15) is 38.3 Å². The van der Waals surface area contributed by atoms with Crippen LogP contribution in [0.4, 0.5) is 0 Å². The molecule has 0 radical (unpaired) electrons. The van der Waals surface area contributed by atoms with Crippen molar-refractivity contribution >= 4 is 27.7 Å². The Morgan fingerprint density at radius 3 is 2.67 bits per heavy atom. The highest BCUT2D eigenvalue weighted by Gasteiger charge is 2.15. The number of benzene rings is 1. The summed E-state index contributed by atoms with van der Waals surface area (Å²) in [5.74, 6) is 1.22. The molecule has 1 N–H and O–H groups in total. The predicted molar refractivity (Wildman–Crippen MR) is 100 cm³/mol. The predicted octanol–water partition coefficient (Wildman–Crippen LogP) is 4.56. The van der Waals surface area contributed by atoms with E-state index < -0.39 is 0 Å². The van der Waals surface area contributed by atoms with Gasteiger partial charge in [-0.25, -0.2) is 0 Å². The van der Waals surface area contributed by atoms with Gasteiger partial charge in [-0.15, -0.1) is 0 Å². The molecule has 4 heteroatoms. The van der Waals surface area contributed by atoms with Crippen molar-refractivity contribution in [2.24, 2.45) is 0 Å². The minimum absolute atomic E-state index is 0.432. The van der Waals surface area contributed by atoms with Gasteiger partial charge < -0.3 is 10.2 Å². The molecular weight excluding hydrogens is 344 g/mol. The number of nitrogens with zero attached hydrogens (tertiary/aromatic N) is 1. The van der Waals surface area contributed by atoms with E-state index in [1.165, 1.54) is 17.7 Å². The quantitative estimate of drug-likeness (QED) is 0.647. The highest BCUT2D eigenvalue weighted by molar-refractivity contribution is 9.10. The molecule has 0 fully saturated rings. The van der Waals surface area contributed by atoms with Crippen LogP contribution in [0.2, 0.25) is 0 Å². The molecule has 2 atom stereocenters. The van der Waals surface area contributed by atoms with Crippen molar-refractivity contribution in [3.63, 3.8) is 0 Å². The monoisotopic (exact) mass is 372 g/mol. The Morgan fingerprint density at radius 2 is 2.10 bits per heavy atom. The molecule has 1 rings (SSSR count). The van der Waals surface area contributed by atoms with Gasteiger partial charge in [0, 0.05) is 22.3 Å². The maximum absolute atomic E-state index is 3.62. The van der Waals surface area contributed by atoms with Crippen LogP contribution in [0.25, 0.3) is 0 Å². The summed E-state index contributed by atoms with van der Waals surface area (Å²) in [6.07, 6.45) is 4.56. The van der Waals surface area contributed by atoms with Gasteiger partial charge in [0.25, 0.3) is 0 Å². The fourth-order valence-electron chi connectivity index (χ4n) is 2.62. The number of rotatable bonds is 10. The van der Waals surface area contributed by atoms with Gasteiger partial charge in [-0.3, -0.25) is 0 Å². The molecule has 0 spiro atoms. The summed E-state index contributed by atoms with van der Waals surface area (Å²) in [6.45, 7) is 6.59. The van der Waals surface area contributed by atoms with Crippen LogP contribution in [0, 0.1) is 0 Å². The lowest BCUT2D eigenvalue weighted by molar-refractivity contribution is 0.241. The fourth-order valence-corrected chi connectivity index (χ4v) is 3.91. The summed E-state index contributed by atoms with van der Waals surface area (Å²) in [6, 6.07) is 9.77. The van der Waals surface area contributed by atoms with Crippen molar-refractivity contribution in [1.82, 2.24) is 10.2 Å². The van der Waals surface area contributed by atoms with Crippen LogP contribution < -0.4 is 5.32 Å². The molecule has 0 saturated carbocycles. The van der Waals surface area contributed by atoms with E-state index in [0.29, 0.717) is 12.1 Å². The molecule has 2 unspecified atom stereocenters. The van der Waals surface area contributed by atoms with Gasteiger partial charge in [0.15, 0.2) is 0 Å². The van der Waals surface area contributed by atoms with E-state index in [9.17, 15) is 0 Å². The first-order chi connectivity index (χ1) is 10.1. The lowest BCUT2D eigenvalue weighted by atomic mass is 10.0. The first kappa shape index (κ1) is 19.0. The van der Waals surface area contributed by atoms with E-state index in [1.807, 2.05) is 11.8 Å². The zero-order valence-corrected chi connectivity index (χ0v) is 16.1. The molecule has 2 nitrogen and oxygen atoms in total. The third-order valence-corrected chi connectivity index (χ3v) is 5.14. The average molecular weight is 373 g/mol. The lowest BCUT2D eigenvalue weighted by Gasteiger charge is -2.29. The third kappa shape index (κ3) is 6.72. The molecule has 120 valence electrons. The van der Waals surface area contributed by atoms with Gasteiger partial charge in [-0.1, -0.05) is 41.9 Å². The Kier molecular flexibility index (Phi) is 9.65. The first-order valence-electron chi connectivity index (χ1n) is 7.80. The minimum atomic E-state index is 0.432. The minimum Gasteiger partial charge on any atom is -0.310 e. The zero-order chi connectivity index (χ0) is 15.7. The van der Waals surface area contributed by atoms with Crippen LogP contribution in [0.3, 0.4) is 0 Å². The maximum atomic E-state index is 3.62. The lowest BCUT2D eigenvalue weighted by Crippen LogP contribution is -2.36. The topological polar surface area (TPSA) is 15.3 Å². The van der Waals surface area contributed by atoms with Crippen molar-refractivity contribution in [3.05, 3.63) is 34.3 Å². The molecule has 0 amide bonds. The summed E-state index contributed by atoms with van der Waals surface area (Å²) in [7, 11) is 2.26. The van der Waals surface area contributed by atoms with Gasteiger partial charge >= 0.3 is 0 Å². The molecule has 1 aromatic carbocycles. The van der Waals surface area contributed by atoms with Crippen LogP contribution in [0.5, 0.6) is 0 Å². The summed E-state index contributed by atoms with van der Waals surface area (Å²) < 4.78 is 1.16. The van der Waals surface area contributed by atoms with E-state index in [4.69, 9.17) is 0 Å². The number of hydrogen-bond donors (Lipinski definition) is 1. The average Bonchev–Trinajstić information content (AvgIpc) is 2.48. The van der Waals surface area contributed by atoms with Crippen LogP contribution >= 0.6 is 27.7 Å². The van der Waals surface area contributed by atoms with Crippen molar-refractivity contribution in [2.45, 2.75) is 38.8 Å². The number of halogens is 1. The van der Waals surface area contributed by atoms with E-state index >= 15 is 0 Å². The molecule has 0 aliphatic rings. The summed E-state index contributed by atoms with van der Waals surface area (Å²) in [5.41, 5.74) is 1.37. The molecule has 0 bridgehead atoms. The fraction of sp³-hybridized carbons (Fsp3) is 0.647. The Hall–Kier alpha value is -0.0300. The Labute approximate surface area is 143 Å². The van der Waals surface area contributed by atoms with E-state index in [-0.39, 0.29) is 0 Å². The van der Waals surface area contributed by atoms with Crippen molar-refractivity contribution in [1.29, 1.82) is 0 Å². The van der Waals surface area contributed by atoms with E-state index in [1.54, 1.807) is 0 Å². The summed E-state index contributed by atoms with van der Waals surface area (Å²) in [5, 5.41) is 3.62. The third-order valence-electron chi connectivity index (χ3n) is 3.93. The van der Waals surface area contributed by atoms with Crippen LogP contribution in [-0.4, -0.2) is 43.1 Å². The zero-order valence-electron chi connectivity index (χ0n) is 13.7. The Balaban J connectivity index is 2.62. The standard InChI is InChI=1S/C17H29BrN2S/c1-5-16(13-21-4)20(3)11-10-17(19-6-2)14-8-7-9-15(18)12-14/h7-9,12,16-17,19H,5-6,10-11,13H2,1-4H3. The molecule has 0 aromatic heterocycles. The molecule has 21 heavy (non-hydrogen) atoms. The summed E-state index contributed by atoms with van der Waals surface area (Å²) >= 11 is 5.52. The molecule has 0 heterocycles. The van der Waals surface area contributed by atoms with Crippen LogP contribution in [0.15, 0.2) is 28.7 Å².